The number of anilines is 1. The first kappa shape index (κ1) is 23.2. The van der Waals surface area contributed by atoms with Crippen molar-refractivity contribution in [2.24, 2.45) is 0 Å². The highest BCUT2D eigenvalue weighted by molar-refractivity contribution is 5.76. The van der Waals surface area contributed by atoms with Crippen molar-refractivity contribution in [1.29, 1.82) is 0 Å². The van der Waals surface area contributed by atoms with Gasteiger partial charge in [-0.25, -0.2) is 14.4 Å². The van der Waals surface area contributed by atoms with Crippen molar-refractivity contribution in [2.75, 3.05) is 31.1 Å². The molecule has 0 spiro atoms. The third-order valence-electron chi connectivity index (χ3n) is 6.02. The molecule has 6 heteroatoms. The molecule has 0 N–H and O–H groups in total. The van der Waals surface area contributed by atoms with E-state index in [4.69, 9.17) is 4.98 Å². The second-order valence-corrected chi connectivity index (χ2v) is 8.49. The van der Waals surface area contributed by atoms with Crippen molar-refractivity contribution < 1.29 is 9.18 Å². The number of carbonyl (C=O) groups is 1. The van der Waals surface area contributed by atoms with Gasteiger partial charge in [-0.3, -0.25) is 4.79 Å². The molecule has 5 nitrogen and oxygen atoms in total. The molecule has 0 radical (unpaired) electrons. The highest BCUT2D eigenvalue weighted by Gasteiger charge is 2.24. The molecule has 31 heavy (non-hydrogen) atoms. The smallest absolute Gasteiger partial charge is 0.222 e. The van der Waals surface area contributed by atoms with Crippen LogP contribution in [0, 0.1) is 19.7 Å². The summed E-state index contributed by atoms with van der Waals surface area (Å²) in [6, 6.07) is 6.61. The van der Waals surface area contributed by atoms with Crippen LogP contribution in [0.1, 0.15) is 68.1 Å². The van der Waals surface area contributed by atoms with Crippen LogP contribution in [0.2, 0.25) is 0 Å². The van der Waals surface area contributed by atoms with Crippen LogP contribution in [0.4, 0.5) is 10.2 Å². The highest BCUT2D eigenvalue weighted by atomic mass is 19.1. The first-order valence-corrected chi connectivity index (χ1v) is 11.6. The summed E-state index contributed by atoms with van der Waals surface area (Å²) in [4.78, 5) is 26.2. The van der Waals surface area contributed by atoms with Crippen molar-refractivity contribution in [3.05, 3.63) is 52.7 Å². The third kappa shape index (κ3) is 6.49. The maximum atomic E-state index is 13.3. The van der Waals surface area contributed by atoms with Crippen LogP contribution in [0.5, 0.6) is 0 Å². The van der Waals surface area contributed by atoms with E-state index in [0.29, 0.717) is 12.8 Å². The number of nitrogens with zero attached hydrogens (tertiary/aromatic N) is 4. The number of benzene rings is 1. The first-order valence-electron chi connectivity index (χ1n) is 11.6. The maximum Gasteiger partial charge on any atom is 0.222 e. The molecule has 1 amide bonds. The van der Waals surface area contributed by atoms with Crippen molar-refractivity contribution in [2.45, 2.75) is 65.7 Å². The summed E-state index contributed by atoms with van der Waals surface area (Å²) in [5.41, 5.74) is 3.07. The SMILES string of the molecule is CCCCCCCC(=O)N1CCN(c2nc(C)nc(C)c2Cc2ccc(F)cc2)CC1. The number of carbonyl (C=O) groups excluding carboxylic acids is 1. The van der Waals surface area contributed by atoms with Crippen molar-refractivity contribution >= 4 is 11.7 Å². The van der Waals surface area contributed by atoms with Crippen LogP contribution in [0.3, 0.4) is 0 Å². The molecule has 0 bridgehead atoms. The molecule has 1 saturated heterocycles. The standard InChI is InChI=1S/C25H35FN4O/c1-4-5-6-7-8-9-24(31)29-14-16-30(17-15-29)25-23(19(2)27-20(3)28-25)18-21-10-12-22(26)13-11-21/h10-13H,4-9,14-18H2,1-3H3. The zero-order valence-electron chi connectivity index (χ0n) is 19.2. The molecule has 2 aromatic rings. The lowest BCUT2D eigenvalue weighted by Crippen LogP contribution is -2.49. The van der Waals surface area contributed by atoms with Gasteiger partial charge in [-0.1, -0.05) is 44.7 Å². The van der Waals surface area contributed by atoms with Gasteiger partial charge in [0.1, 0.15) is 17.5 Å². The number of unbranched alkanes of at least 4 members (excludes halogenated alkanes) is 4. The Hall–Kier alpha value is -2.50. The number of rotatable bonds is 9. The number of piperazine rings is 1. The maximum absolute atomic E-state index is 13.3. The van der Waals surface area contributed by atoms with E-state index >= 15 is 0 Å². The van der Waals surface area contributed by atoms with E-state index in [1.54, 1.807) is 0 Å². The average molecular weight is 427 g/mol. The van der Waals surface area contributed by atoms with Crippen LogP contribution in [0.15, 0.2) is 24.3 Å². The Morgan fingerprint density at radius 1 is 0.968 bits per heavy atom. The number of amides is 1. The van der Waals surface area contributed by atoms with Gasteiger partial charge in [0.15, 0.2) is 0 Å². The zero-order valence-corrected chi connectivity index (χ0v) is 19.2. The van der Waals surface area contributed by atoms with E-state index < -0.39 is 0 Å². The van der Waals surface area contributed by atoms with Crippen molar-refractivity contribution in [3.8, 4) is 0 Å². The Balaban J connectivity index is 1.63. The van der Waals surface area contributed by atoms with E-state index in [0.717, 1.165) is 67.5 Å². The summed E-state index contributed by atoms with van der Waals surface area (Å²) < 4.78 is 13.3. The van der Waals surface area contributed by atoms with E-state index in [9.17, 15) is 9.18 Å². The van der Waals surface area contributed by atoms with Crippen LogP contribution in [-0.2, 0) is 11.2 Å². The average Bonchev–Trinajstić information content (AvgIpc) is 2.76. The number of halogens is 1. The third-order valence-corrected chi connectivity index (χ3v) is 6.02. The van der Waals surface area contributed by atoms with Gasteiger partial charge < -0.3 is 9.80 Å². The van der Waals surface area contributed by atoms with E-state index in [1.807, 2.05) is 30.9 Å². The zero-order chi connectivity index (χ0) is 22.2. The minimum Gasteiger partial charge on any atom is -0.353 e. The predicted octanol–water partition coefficient (Wildman–Crippen LogP) is 4.83. The van der Waals surface area contributed by atoms with Gasteiger partial charge >= 0.3 is 0 Å². The molecule has 1 aliphatic rings. The summed E-state index contributed by atoms with van der Waals surface area (Å²) >= 11 is 0. The Bertz CT molecular complexity index is 861. The Morgan fingerprint density at radius 3 is 2.32 bits per heavy atom. The van der Waals surface area contributed by atoms with Crippen LogP contribution in [-0.4, -0.2) is 47.0 Å². The van der Waals surface area contributed by atoms with Gasteiger partial charge in [-0.05, 0) is 38.0 Å². The van der Waals surface area contributed by atoms with Crippen LogP contribution in [0.25, 0.3) is 0 Å². The lowest BCUT2D eigenvalue weighted by molar-refractivity contribution is -0.131. The fourth-order valence-electron chi connectivity index (χ4n) is 4.20. The molecular formula is C25H35FN4O. The van der Waals surface area contributed by atoms with E-state index in [1.165, 1.54) is 31.4 Å². The van der Waals surface area contributed by atoms with Gasteiger partial charge in [-0.15, -0.1) is 0 Å². The number of aromatic nitrogens is 2. The molecule has 2 heterocycles. The minimum absolute atomic E-state index is 0.230. The second kappa shape index (κ2) is 11.2. The minimum atomic E-state index is -0.230. The molecule has 0 atom stereocenters. The molecule has 3 rings (SSSR count). The van der Waals surface area contributed by atoms with Crippen LogP contribution < -0.4 is 4.90 Å². The Labute approximate surface area is 185 Å². The topological polar surface area (TPSA) is 49.3 Å². The Kier molecular flexibility index (Phi) is 8.38. The molecule has 1 aliphatic heterocycles. The first-order chi connectivity index (χ1) is 15.0. The summed E-state index contributed by atoms with van der Waals surface area (Å²) in [7, 11) is 0. The summed E-state index contributed by atoms with van der Waals surface area (Å²) in [6.07, 6.45) is 7.16. The van der Waals surface area contributed by atoms with Gasteiger partial charge in [-0.2, -0.15) is 0 Å². The van der Waals surface area contributed by atoms with Gasteiger partial charge in [0.25, 0.3) is 0 Å². The largest absolute Gasteiger partial charge is 0.353 e. The van der Waals surface area contributed by atoms with Gasteiger partial charge in [0.2, 0.25) is 5.91 Å². The summed E-state index contributed by atoms with van der Waals surface area (Å²) in [6.45, 7) is 9.13. The fourth-order valence-corrected chi connectivity index (χ4v) is 4.20. The molecule has 1 aromatic carbocycles. The number of hydrogen-bond donors (Lipinski definition) is 0. The molecule has 0 unspecified atom stereocenters. The quantitative estimate of drug-likeness (QED) is 0.539. The predicted molar refractivity (Wildman–Crippen MR) is 123 cm³/mol. The van der Waals surface area contributed by atoms with Crippen molar-refractivity contribution in [1.82, 2.24) is 14.9 Å². The van der Waals surface area contributed by atoms with Crippen molar-refractivity contribution in [3.63, 3.8) is 0 Å². The molecule has 1 aromatic heterocycles. The summed E-state index contributed by atoms with van der Waals surface area (Å²) in [5.74, 6) is 1.74. The molecular weight excluding hydrogens is 391 g/mol. The number of hydrogen-bond acceptors (Lipinski definition) is 4. The summed E-state index contributed by atoms with van der Waals surface area (Å²) in [5, 5.41) is 0. The highest BCUT2D eigenvalue weighted by Crippen LogP contribution is 2.25. The van der Waals surface area contributed by atoms with E-state index in [-0.39, 0.29) is 11.7 Å². The molecule has 0 saturated carbocycles. The van der Waals surface area contributed by atoms with Gasteiger partial charge in [0, 0.05) is 50.3 Å². The monoisotopic (exact) mass is 426 g/mol. The lowest BCUT2D eigenvalue weighted by Gasteiger charge is -2.36. The van der Waals surface area contributed by atoms with E-state index in [2.05, 4.69) is 16.8 Å². The second-order valence-electron chi connectivity index (χ2n) is 8.49. The molecule has 168 valence electrons. The normalized spacial score (nSPS) is 14.2. The number of aryl methyl sites for hydroxylation is 2. The molecule has 0 aliphatic carbocycles. The van der Waals surface area contributed by atoms with Gasteiger partial charge in [0.05, 0.1) is 0 Å². The lowest BCUT2D eigenvalue weighted by atomic mass is 10.0. The van der Waals surface area contributed by atoms with Crippen LogP contribution >= 0.6 is 0 Å². The fraction of sp³-hybridized carbons (Fsp3) is 0.560. The Morgan fingerprint density at radius 2 is 1.65 bits per heavy atom. The molecule has 1 fully saturated rings.